The zero-order valence-electron chi connectivity index (χ0n) is 11.5. The zero-order valence-corrected chi connectivity index (χ0v) is 13.1. The van der Waals surface area contributed by atoms with Gasteiger partial charge in [0.1, 0.15) is 5.82 Å². The third-order valence-corrected chi connectivity index (χ3v) is 3.41. The summed E-state index contributed by atoms with van der Waals surface area (Å²) in [6, 6.07) is 7.89. The highest BCUT2D eigenvalue weighted by Crippen LogP contribution is 2.29. The van der Waals surface area contributed by atoms with Crippen molar-refractivity contribution in [2.24, 2.45) is 0 Å². The zero-order chi connectivity index (χ0) is 17.0. The first-order valence-corrected chi connectivity index (χ1v) is 7.21. The molecule has 0 fully saturated rings. The second-order valence-electron chi connectivity index (χ2n) is 4.63. The lowest BCUT2D eigenvalue weighted by Crippen LogP contribution is -2.28. The van der Waals surface area contributed by atoms with E-state index in [4.69, 9.17) is 0 Å². The van der Waals surface area contributed by atoms with E-state index in [2.05, 4.69) is 26.6 Å². The van der Waals surface area contributed by atoms with E-state index in [0.717, 1.165) is 12.1 Å². The van der Waals surface area contributed by atoms with Gasteiger partial charge in [-0.15, -0.1) is 0 Å². The van der Waals surface area contributed by atoms with E-state index in [9.17, 15) is 22.4 Å². The first-order valence-electron chi connectivity index (χ1n) is 6.42. The fourth-order valence-electron chi connectivity index (χ4n) is 1.75. The molecule has 0 unspecified atom stereocenters. The highest BCUT2D eigenvalue weighted by atomic mass is 79.9. The van der Waals surface area contributed by atoms with Crippen LogP contribution >= 0.6 is 15.9 Å². The number of hydrogen-bond acceptors (Lipinski definition) is 1. The number of urea groups is 1. The highest BCUT2D eigenvalue weighted by Gasteiger charge is 2.29. The topological polar surface area (TPSA) is 41.1 Å². The number of hydrogen-bond donors (Lipinski definition) is 2. The van der Waals surface area contributed by atoms with E-state index in [1.54, 1.807) is 6.07 Å². The van der Waals surface area contributed by atoms with Gasteiger partial charge in [0.25, 0.3) is 0 Å². The number of carbonyl (C=O) groups is 1. The SMILES string of the molecule is O=C(NCc1ccc(C(F)(F)F)cc1)Nc1ccc(Br)cc1F. The molecule has 0 radical (unpaired) electrons. The average molecular weight is 391 g/mol. The predicted octanol–water partition coefficient (Wildman–Crippen LogP) is 4.93. The van der Waals surface area contributed by atoms with E-state index < -0.39 is 23.6 Å². The van der Waals surface area contributed by atoms with Crippen LogP contribution in [-0.2, 0) is 12.7 Å². The van der Waals surface area contributed by atoms with E-state index in [0.29, 0.717) is 10.0 Å². The minimum atomic E-state index is -4.40. The van der Waals surface area contributed by atoms with Gasteiger partial charge in [-0.1, -0.05) is 28.1 Å². The number of benzene rings is 2. The van der Waals surface area contributed by atoms with Gasteiger partial charge in [-0.3, -0.25) is 0 Å². The molecule has 0 atom stereocenters. The first-order chi connectivity index (χ1) is 10.8. The van der Waals surface area contributed by atoms with Crippen molar-refractivity contribution in [1.82, 2.24) is 5.32 Å². The lowest BCUT2D eigenvalue weighted by Gasteiger charge is -2.10. The van der Waals surface area contributed by atoms with Crippen LogP contribution in [0.15, 0.2) is 46.9 Å². The van der Waals surface area contributed by atoms with Crippen LogP contribution < -0.4 is 10.6 Å². The van der Waals surface area contributed by atoms with Gasteiger partial charge in [0.05, 0.1) is 11.3 Å². The van der Waals surface area contributed by atoms with Crippen LogP contribution in [-0.4, -0.2) is 6.03 Å². The molecule has 2 rings (SSSR count). The Morgan fingerprint density at radius 1 is 1.09 bits per heavy atom. The Morgan fingerprint density at radius 2 is 1.74 bits per heavy atom. The van der Waals surface area contributed by atoms with Crippen molar-refractivity contribution in [2.45, 2.75) is 12.7 Å². The second-order valence-corrected chi connectivity index (χ2v) is 5.54. The van der Waals surface area contributed by atoms with E-state index >= 15 is 0 Å². The number of rotatable bonds is 3. The third-order valence-electron chi connectivity index (χ3n) is 2.91. The molecule has 0 aliphatic rings. The molecule has 0 aliphatic heterocycles. The molecule has 122 valence electrons. The summed E-state index contributed by atoms with van der Waals surface area (Å²) in [6.45, 7) is 0.0160. The number of carbonyl (C=O) groups excluding carboxylic acids is 1. The van der Waals surface area contributed by atoms with Gasteiger partial charge >= 0.3 is 12.2 Å². The summed E-state index contributed by atoms with van der Waals surface area (Å²) in [7, 11) is 0. The van der Waals surface area contributed by atoms with Gasteiger partial charge in [-0.2, -0.15) is 13.2 Å². The number of alkyl halides is 3. The molecular formula is C15H11BrF4N2O. The average Bonchev–Trinajstić information content (AvgIpc) is 2.47. The van der Waals surface area contributed by atoms with Crippen LogP contribution in [0.5, 0.6) is 0 Å². The summed E-state index contributed by atoms with van der Waals surface area (Å²) in [5.74, 6) is -0.607. The highest BCUT2D eigenvalue weighted by molar-refractivity contribution is 9.10. The number of amides is 2. The maximum absolute atomic E-state index is 13.6. The maximum atomic E-state index is 13.6. The first kappa shape index (κ1) is 17.3. The molecule has 23 heavy (non-hydrogen) atoms. The Labute approximate surface area is 137 Å². The fraction of sp³-hybridized carbons (Fsp3) is 0.133. The van der Waals surface area contributed by atoms with Crippen LogP contribution in [0.25, 0.3) is 0 Å². The smallest absolute Gasteiger partial charge is 0.334 e. The van der Waals surface area contributed by atoms with Gasteiger partial charge in [-0.05, 0) is 35.9 Å². The summed E-state index contributed by atoms with van der Waals surface area (Å²) < 4.78 is 51.4. The van der Waals surface area contributed by atoms with Crippen molar-refractivity contribution in [3.63, 3.8) is 0 Å². The Balaban J connectivity index is 1.91. The molecular weight excluding hydrogens is 380 g/mol. The van der Waals surface area contributed by atoms with Gasteiger partial charge in [0.15, 0.2) is 0 Å². The van der Waals surface area contributed by atoms with Crippen molar-refractivity contribution >= 4 is 27.6 Å². The van der Waals surface area contributed by atoms with Crippen LogP contribution in [0.1, 0.15) is 11.1 Å². The molecule has 3 nitrogen and oxygen atoms in total. The van der Waals surface area contributed by atoms with E-state index in [-0.39, 0.29) is 12.2 Å². The van der Waals surface area contributed by atoms with Gasteiger partial charge in [0.2, 0.25) is 0 Å². The van der Waals surface area contributed by atoms with Crippen molar-refractivity contribution < 1.29 is 22.4 Å². The minimum absolute atomic E-state index is 0.00174. The molecule has 8 heteroatoms. The van der Waals surface area contributed by atoms with Crippen LogP contribution in [0.4, 0.5) is 28.0 Å². The van der Waals surface area contributed by atoms with Gasteiger partial charge in [-0.25, -0.2) is 9.18 Å². The van der Waals surface area contributed by atoms with Crippen molar-refractivity contribution in [2.75, 3.05) is 5.32 Å². The predicted molar refractivity (Wildman–Crippen MR) is 81.4 cm³/mol. The largest absolute Gasteiger partial charge is 0.416 e. The minimum Gasteiger partial charge on any atom is -0.334 e. The molecule has 0 aliphatic carbocycles. The molecule has 0 aromatic heterocycles. The molecule has 0 saturated carbocycles. The molecule has 2 aromatic carbocycles. The van der Waals surface area contributed by atoms with Gasteiger partial charge < -0.3 is 10.6 Å². The number of nitrogens with one attached hydrogen (secondary N) is 2. The van der Waals surface area contributed by atoms with Gasteiger partial charge in [0, 0.05) is 11.0 Å². The third kappa shape index (κ3) is 4.95. The van der Waals surface area contributed by atoms with E-state index in [1.807, 2.05) is 0 Å². The number of anilines is 1. The Hall–Kier alpha value is -2.09. The van der Waals surface area contributed by atoms with Crippen LogP contribution in [0.3, 0.4) is 0 Å². The number of halogens is 5. The van der Waals surface area contributed by atoms with Crippen molar-refractivity contribution in [3.05, 3.63) is 63.9 Å². The summed E-state index contributed by atoms with van der Waals surface area (Å²) >= 11 is 3.10. The summed E-state index contributed by atoms with van der Waals surface area (Å²) in [6.07, 6.45) is -4.40. The normalized spacial score (nSPS) is 11.2. The lowest BCUT2D eigenvalue weighted by molar-refractivity contribution is -0.137. The maximum Gasteiger partial charge on any atom is 0.416 e. The lowest BCUT2D eigenvalue weighted by atomic mass is 10.1. The summed E-state index contributed by atoms with van der Waals surface area (Å²) in [5.41, 5.74) is -0.273. The monoisotopic (exact) mass is 390 g/mol. The molecule has 2 N–H and O–H groups in total. The summed E-state index contributed by atoms with van der Waals surface area (Å²) in [4.78, 5) is 11.7. The van der Waals surface area contributed by atoms with Crippen LogP contribution in [0.2, 0.25) is 0 Å². The molecule has 0 saturated heterocycles. The van der Waals surface area contributed by atoms with E-state index in [1.165, 1.54) is 24.3 Å². The molecule has 2 amide bonds. The molecule has 0 spiro atoms. The Morgan fingerprint density at radius 3 is 2.30 bits per heavy atom. The standard InChI is InChI=1S/C15H11BrF4N2O/c16-11-5-6-13(12(17)7-11)22-14(23)21-8-9-1-3-10(4-2-9)15(18,19)20/h1-7H,8H2,(H2,21,22,23). The summed E-state index contributed by atoms with van der Waals surface area (Å²) in [5, 5.41) is 4.76. The Bertz CT molecular complexity index is 702. The van der Waals surface area contributed by atoms with Crippen molar-refractivity contribution in [3.8, 4) is 0 Å². The second kappa shape index (κ2) is 6.99. The van der Waals surface area contributed by atoms with Crippen LogP contribution in [0, 0.1) is 5.82 Å². The molecule has 0 heterocycles. The molecule has 2 aromatic rings. The quantitative estimate of drug-likeness (QED) is 0.716. The molecule has 0 bridgehead atoms. The Kier molecular flexibility index (Phi) is 5.25. The van der Waals surface area contributed by atoms with Crippen molar-refractivity contribution in [1.29, 1.82) is 0 Å². The fourth-order valence-corrected chi connectivity index (χ4v) is 2.08.